The molecule has 0 unspecified atom stereocenters. The van der Waals surface area contributed by atoms with E-state index in [2.05, 4.69) is 57.0 Å². The molecule has 2 aromatic carbocycles. The van der Waals surface area contributed by atoms with Crippen LogP contribution in [0.4, 0.5) is 0 Å². The van der Waals surface area contributed by atoms with Gasteiger partial charge >= 0.3 is 0 Å². The van der Waals surface area contributed by atoms with Crippen LogP contribution in [0.2, 0.25) is 0 Å². The highest BCUT2D eigenvalue weighted by atomic mass is 15.1. The summed E-state index contributed by atoms with van der Waals surface area (Å²) in [7, 11) is 0. The molecular formula is C30H23N5. The van der Waals surface area contributed by atoms with E-state index in [0.717, 1.165) is 51.4 Å². The topological polar surface area (TPSA) is 56.5 Å². The normalized spacial score (nSPS) is 11.2. The van der Waals surface area contributed by atoms with Gasteiger partial charge in [-0.15, -0.1) is 0 Å². The fourth-order valence-corrected chi connectivity index (χ4v) is 4.62. The van der Waals surface area contributed by atoms with E-state index in [9.17, 15) is 0 Å². The lowest BCUT2D eigenvalue weighted by atomic mass is 9.87. The van der Waals surface area contributed by atoms with E-state index in [0.29, 0.717) is 0 Å². The first kappa shape index (κ1) is 20.9. The van der Waals surface area contributed by atoms with Crippen molar-refractivity contribution in [1.29, 1.82) is 0 Å². The molecule has 5 nitrogen and oxygen atoms in total. The molecule has 168 valence electrons. The molecule has 0 N–H and O–H groups in total. The smallest absolute Gasteiger partial charge is 0.146 e. The molecule has 6 aromatic rings. The molecule has 35 heavy (non-hydrogen) atoms. The predicted molar refractivity (Wildman–Crippen MR) is 138 cm³/mol. The van der Waals surface area contributed by atoms with Crippen molar-refractivity contribution in [1.82, 2.24) is 24.5 Å². The van der Waals surface area contributed by atoms with Crippen LogP contribution in [0.25, 0.3) is 28.2 Å². The van der Waals surface area contributed by atoms with Crippen molar-refractivity contribution >= 4 is 11.0 Å². The average molecular weight is 454 g/mol. The van der Waals surface area contributed by atoms with Gasteiger partial charge in [0.15, 0.2) is 0 Å². The minimum absolute atomic E-state index is 0.0929. The number of hydrogen-bond donors (Lipinski definition) is 0. The van der Waals surface area contributed by atoms with Gasteiger partial charge in [0, 0.05) is 42.5 Å². The van der Waals surface area contributed by atoms with Gasteiger partial charge in [-0.05, 0) is 53.4 Å². The van der Waals surface area contributed by atoms with Gasteiger partial charge in [-0.3, -0.25) is 14.5 Å². The Hall–Kier alpha value is -4.64. The summed E-state index contributed by atoms with van der Waals surface area (Å²) >= 11 is 0. The van der Waals surface area contributed by atoms with Crippen LogP contribution in [0.3, 0.4) is 0 Å². The zero-order chi connectivity index (χ0) is 23.5. The van der Waals surface area contributed by atoms with Crippen LogP contribution in [0, 0.1) is 0 Å². The first-order chi connectivity index (χ1) is 17.4. The van der Waals surface area contributed by atoms with E-state index in [-0.39, 0.29) is 5.92 Å². The highest BCUT2D eigenvalue weighted by Gasteiger charge is 2.21. The van der Waals surface area contributed by atoms with Crippen LogP contribution in [-0.2, 0) is 6.42 Å². The Balaban J connectivity index is 1.53. The predicted octanol–water partition coefficient (Wildman–Crippen LogP) is 6.25. The highest BCUT2D eigenvalue weighted by Crippen LogP contribution is 2.33. The van der Waals surface area contributed by atoms with Crippen molar-refractivity contribution in [3.63, 3.8) is 0 Å². The molecule has 0 aliphatic carbocycles. The number of hydrogen-bond acceptors (Lipinski definition) is 4. The Bertz CT molecular complexity index is 1520. The zero-order valence-electron chi connectivity index (χ0n) is 19.1. The molecule has 0 saturated heterocycles. The van der Waals surface area contributed by atoms with E-state index >= 15 is 0 Å². The van der Waals surface area contributed by atoms with Crippen molar-refractivity contribution in [2.24, 2.45) is 0 Å². The minimum Gasteiger partial charge on any atom is -0.276 e. The number of fused-ring (bicyclic) bond motifs is 1. The maximum absolute atomic E-state index is 5.00. The summed E-state index contributed by atoms with van der Waals surface area (Å²) in [6.07, 6.45) is 10.1. The van der Waals surface area contributed by atoms with Crippen LogP contribution in [0.15, 0.2) is 122 Å². The Morgan fingerprint density at radius 3 is 2.06 bits per heavy atom. The van der Waals surface area contributed by atoms with Crippen molar-refractivity contribution in [2.75, 3.05) is 0 Å². The summed E-state index contributed by atoms with van der Waals surface area (Å²) in [5.74, 6) is 1.86. The van der Waals surface area contributed by atoms with Gasteiger partial charge in [-0.1, -0.05) is 60.7 Å². The third-order valence-corrected chi connectivity index (χ3v) is 6.27. The van der Waals surface area contributed by atoms with E-state index in [1.54, 1.807) is 0 Å². The summed E-state index contributed by atoms with van der Waals surface area (Å²) in [5.41, 5.74) is 6.45. The Morgan fingerprint density at radius 2 is 1.34 bits per heavy atom. The van der Waals surface area contributed by atoms with Gasteiger partial charge in [-0.2, -0.15) is 0 Å². The van der Waals surface area contributed by atoms with Crippen LogP contribution in [0.1, 0.15) is 22.6 Å². The second-order valence-corrected chi connectivity index (χ2v) is 8.44. The molecule has 0 radical (unpaired) electrons. The van der Waals surface area contributed by atoms with E-state index in [1.807, 2.05) is 79.5 Å². The van der Waals surface area contributed by atoms with Gasteiger partial charge in [-0.25, -0.2) is 9.97 Å². The lowest BCUT2D eigenvalue weighted by molar-refractivity contribution is 0.782. The summed E-state index contributed by atoms with van der Waals surface area (Å²) in [4.78, 5) is 18.7. The molecule has 0 aliphatic rings. The van der Waals surface area contributed by atoms with E-state index in [1.165, 1.54) is 0 Å². The summed E-state index contributed by atoms with van der Waals surface area (Å²) in [5, 5.41) is 0. The quantitative estimate of drug-likeness (QED) is 0.299. The van der Waals surface area contributed by atoms with Crippen LogP contribution >= 0.6 is 0 Å². The van der Waals surface area contributed by atoms with Gasteiger partial charge in [0.2, 0.25) is 0 Å². The largest absolute Gasteiger partial charge is 0.276 e. The number of imidazole rings is 1. The van der Waals surface area contributed by atoms with Crippen LogP contribution in [0.5, 0.6) is 0 Å². The SMILES string of the molecule is c1ccc(-c2nc3ccccc3n2-c2ncccc2CC(c2cccnc2)c2cccnc2)cc1. The number of benzene rings is 2. The van der Waals surface area contributed by atoms with Crippen molar-refractivity contribution in [3.05, 3.63) is 139 Å². The number of rotatable bonds is 6. The average Bonchev–Trinajstić information content (AvgIpc) is 3.33. The van der Waals surface area contributed by atoms with Crippen LogP contribution < -0.4 is 0 Å². The molecule has 4 aromatic heterocycles. The molecule has 0 atom stereocenters. The first-order valence-corrected chi connectivity index (χ1v) is 11.7. The van der Waals surface area contributed by atoms with Gasteiger partial charge in [0.05, 0.1) is 11.0 Å². The summed E-state index contributed by atoms with van der Waals surface area (Å²) < 4.78 is 2.18. The third-order valence-electron chi connectivity index (χ3n) is 6.27. The summed E-state index contributed by atoms with van der Waals surface area (Å²) in [6, 6.07) is 30.9. The fourth-order valence-electron chi connectivity index (χ4n) is 4.62. The molecule has 5 heteroatoms. The molecule has 0 bridgehead atoms. The summed E-state index contributed by atoms with van der Waals surface area (Å²) in [6.45, 7) is 0. The Morgan fingerprint density at radius 1 is 0.657 bits per heavy atom. The third kappa shape index (κ3) is 4.08. The van der Waals surface area contributed by atoms with Crippen LogP contribution in [-0.4, -0.2) is 24.5 Å². The van der Waals surface area contributed by atoms with E-state index in [4.69, 9.17) is 9.97 Å². The standard InChI is InChI=1S/C30H23N5/c1-2-9-22(10-3-1)30-34-27-14-4-5-15-28(27)35(30)29-23(11-8-18-33-29)19-26(24-12-6-16-31-20-24)25-13-7-17-32-21-25/h1-18,20-21,26H,19H2. The maximum Gasteiger partial charge on any atom is 0.146 e. The Labute approximate surface area is 203 Å². The minimum atomic E-state index is 0.0929. The molecule has 0 aliphatic heterocycles. The lowest BCUT2D eigenvalue weighted by Crippen LogP contribution is -2.10. The van der Waals surface area contributed by atoms with Crippen molar-refractivity contribution in [3.8, 4) is 17.2 Å². The molecule has 0 fully saturated rings. The molecule has 0 spiro atoms. The second-order valence-electron chi connectivity index (χ2n) is 8.44. The fraction of sp³-hybridized carbons (Fsp3) is 0.0667. The molecule has 6 rings (SSSR count). The number of pyridine rings is 3. The maximum atomic E-state index is 5.00. The monoisotopic (exact) mass is 453 g/mol. The van der Waals surface area contributed by atoms with Crippen molar-refractivity contribution < 1.29 is 0 Å². The first-order valence-electron chi connectivity index (χ1n) is 11.7. The van der Waals surface area contributed by atoms with Gasteiger partial charge in [0.1, 0.15) is 11.6 Å². The van der Waals surface area contributed by atoms with Crippen molar-refractivity contribution in [2.45, 2.75) is 12.3 Å². The van der Waals surface area contributed by atoms with Gasteiger partial charge in [0.25, 0.3) is 0 Å². The highest BCUT2D eigenvalue weighted by molar-refractivity contribution is 5.83. The van der Waals surface area contributed by atoms with E-state index < -0.39 is 0 Å². The molecular weight excluding hydrogens is 430 g/mol. The second kappa shape index (κ2) is 9.31. The zero-order valence-corrected chi connectivity index (χ0v) is 19.1. The molecule has 0 saturated carbocycles. The molecule has 0 amide bonds. The Kier molecular flexibility index (Phi) is 5.57. The number of aromatic nitrogens is 5. The lowest BCUT2D eigenvalue weighted by Gasteiger charge is -2.20. The number of nitrogens with zero attached hydrogens (tertiary/aromatic N) is 5. The number of para-hydroxylation sites is 2. The van der Waals surface area contributed by atoms with Gasteiger partial charge < -0.3 is 0 Å². The molecule has 4 heterocycles.